The number of thioether (sulfide) groups is 1. The van der Waals surface area contributed by atoms with Crippen LogP contribution in [0.3, 0.4) is 0 Å². The second-order valence-corrected chi connectivity index (χ2v) is 7.50. The van der Waals surface area contributed by atoms with Crippen LogP contribution in [-0.2, 0) is 11.3 Å². The van der Waals surface area contributed by atoms with Gasteiger partial charge in [-0.3, -0.25) is 0 Å². The van der Waals surface area contributed by atoms with Gasteiger partial charge in [0.25, 0.3) is 0 Å². The first-order valence-corrected chi connectivity index (χ1v) is 9.58. The molecule has 0 spiro atoms. The average Bonchev–Trinajstić information content (AvgIpc) is 3.09. The summed E-state index contributed by atoms with van der Waals surface area (Å²) in [5.41, 5.74) is 2.17. The fourth-order valence-corrected chi connectivity index (χ4v) is 3.64. The van der Waals surface area contributed by atoms with E-state index in [9.17, 15) is 0 Å². The van der Waals surface area contributed by atoms with E-state index in [1.165, 1.54) is 10.5 Å². The number of hydrogen-bond donors (Lipinski definition) is 0. The van der Waals surface area contributed by atoms with Gasteiger partial charge >= 0.3 is 0 Å². The molecule has 0 radical (unpaired) electrons. The zero-order valence-corrected chi connectivity index (χ0v) is 16.1. The van der Waals surface area contributed by atoms with E-state index >= 15 is 0 Å². The van der Waals surface area contributed by atoms with E-state index in [1.54, 1.807) is 30.4 Å². The number of aromatic nitrogens is 2. The van der Waals surface area contributed by atoms with Crippen LogP contribution in [0.4, 0.5) is 0 Å². The van der Waals surface area contributed by atoms with Gasteiger partial charge in [-0.2, -0.15) is 0 Å². The first-order chi connectivity index (χ1) is 12.1. The van der Waals surface area contributed by atoms with Crippen LogP contribution >= 0.6 is 35.0 Å². The first-order valence-electron chi connectivity index (χ1n) is 7.83. The second kappa shape index (κ2) is 8.77. The van der Waals surface area contributed by atoms with Crippen molar-refractivity contribution in [3.8, 4) is 0 Å². The van der Waals surface area contributed by atoms with Crippen molar-refractivity contribution in [2.24, 2.45) is 0 Å². The summed E-state index contributed by atoms with van der Waals surface area (Å²) in [4.78, 5) is 5.26. The van der Waals surface area contributed by atoms with Crippen LogP contribution in [0.25, 0.3) is 0 Å². The van der Waals surface area contributed by atoms with E-state index in [1.807, 2.05) is 22.9 Å². The van der Waals surface area contributed by atoms with Gasteiger partial charge < -0.3 is 9.30 Å². The Balaban J connectivity index is 1.70. The Morgan fingerprint density at radius 3 is 2.64 bits per heavy atom. The standard InChI is InChI=1S/C19H18Cl2N2OS/c1-14-2-5-16(6-3-14)25-13-24-19(11-23-9-8-22-12-23)17-7-4-15(20)10-18(17)21/h2-10,12,19H,11,13H2,1H3. The normalized spacial score (nSPS) is 12.3. The number of ether oxygens (including phenoxy) is 1. The highest BCUT2D eigenvalue weighted by atomic mass is 35.5. The monoisotopic (exact) mass is 392 g/mol. The van der Waals surface area contributed by atoms with Gasteiger partial charge in [0.15, 0.2) is 0 Å². The number of aryl methyl sites for hydroxylation is 1. The molecule has 6 heteroatoms. The van der Waals surface area contributed by atoms with E-state index in [4.69, 9.17) is 27.9 Å². The van der Waals surface area contributed by atoms with Crippen LogP contribution in [0.1, 0.15) is 17.2 Å². The number of rotatable bonds is 7. The molecule has 0 aliphatic heterocycles. The van der Waals surface area contributed by atoms with Gasteiger partial charge in [-0.25, -0.2) is 4.98 Å². The van der Waals surface area contributed by atoms with Gasteiger partial charge in [0.05, 0.1) is 18.8 Å². The smallest absolute Gasteiger partial charge is 0.103 e. The molecular formula is C19H18Cl2N2OS. The first kappa shape index (κ1) is 18.3. The molecule has 0 bridgehead atoms. The minimum Gasteiger partial charge on any atom is -0.361 e. The summed E-state index contributed by atoms with van der Waals surface area (Å²) < 4.78 is 8.12. The molecule has 1 unspecified atom stereocenters. The van der Waals surface area contributed by atoms with Crippen molar-refractivity contribution in [1.29, 1.82) is 0 Å². The molecule has 0 fully saturated rings. The molecule has 0 amide bonds. The SMILES string of the molecule is Cc1ccc(SCOC(Cn2ccnc2)c2ccc(Cl)cc2Cl)cc1. The van der Waals surface area contributed by atoms with Crippen molar-refractivity contribution in [1.82, 2.24) is 9.55 Å². The minimum absolute atomic E-state index is 0.183. The molecule has 1 atom stereocenters. The third-order valence-electron chi connectivity index (χ3n) is 3.76. The third-order valence-corrected chi connectivity index (χ3v) is 5.18. The summed E-state index contributed by atoms with van der Waals surface area (Å²) in [5, 5.41) is 1.22. The van der Waals surface area contributed by atoms with Gasteiger partial charge in [0, 0.05) is 32.9 Å². The highest BCUT2D eigenvalue weighted by molar-refractivity contribution is 7.99. The topological polar surface area (TPSA) is 27.1 Å². The Kier molecular flexibility index (Phi) is 6.43. The van der Waals surface area contributed by atoms with Crippen LogP contribution in [0.2, 0.25) is 10.0 Å². The summed E-state index contributed by atoms with van der Waals surface area (Å²) in [6, 6.07) is 13.9. The number of halogens is 2. The van der Waals surface area contributed by atoms with Crippen LogP contribution in [0.15, 0.2) is 66.1 Å². The zero-order valence-electron chi connectivity index (χ0n) is 13.7. The molecule has 3 rings (SSSR count). The molecule has 0 aliphatic carbocycles. The predicted molar refractivity (Wildman–Crippen MR) is 104 cm³/mol. The zero-order chi connectivity index (χ0) is 17.6. The molecule has 3 aromatic rings. The molecule has 2 aromatic carbocycles. The lowest BCUT2D eigenvalue weighted by atomic mass is 10.1. The maximum atomic E-state index is 6.38. The maximum absolute atomic E-state index is 6.38. The Morgan fingerprint density at radius 1 is 1.16 bits per heavy atom. The summed E-state index contributed by atoms with van der Waals surface area (Å²) in [5.74, 6) is 0.529. The Labute approximate surface area is 161 Å². The van der Waals surface area contributed by atoms with Crippen LogP contribution in [0.5, 0.6) is 0 Å². The third kappa shape index (κ3) is 5.25. The molecule has 0 saturated carbocycles. The average molecular weight is 393 g/mol. The van der Waals surface area contributed by atoms with E-state index in [2.05, 4.69) is 36.2 Å². The van der Waals surface area contributed by atoms with Crippen molar-refractivity contribution < 1.29 is 4.74 Å². The van der Waals surface area contributed by atoms with Crippen LogP contribution in [-0.4, -0.2) is 15.5 Å². The largest absolute Gasteiger partial charge is 0.361 e. The van der Waals surface area contributed by atoms with Crippen LogP contribution < -0.4 is 0 Å². The van der Waals surface area contributed by atoms with E-state index in [0.717, 1.165) is 5.56 Å². The van der Waals surface area contributed by atoms with Crippen molar-refractivity contribution >= 4 is 35.0 Å². The summed E-state index contributed by atoms with van der Waals surface area (Å²) in [6.07, 6.45) is 5.25. The molecule has 25 heavy (non-hydrogen) atoms. The van der Waals surface area contributed by atoms with Gasteiger partial charge in [-0.15, -0.1) is 0 Å². The summed E-state index contributed by atoms with van der Waals surface area (Å²) in [7, 11) is 0. The lowest BCUT2D eigenvalue weighted by Crippen LogP contribution is -2.12. The lowest BCUT2D eigenvalue weighted by Gasteiger charge is -2.20. The molecule has 0 aliphatic rings. The number of imidazole rings is 1. The Hall–Kier alpha value is -1.46. The number of hydrogen-bond acceptors (Lipinski definition) is 3. The summed E-state index contributed by atoms with van der Waals surface area (Å²) >= 11 is 14.1. The molecule has 1 aromatic heterocycles. The molecule has 3 nitrogen and oxygen atoms in total. The second-order valence-electron chi connectivity index (χ2n) is 5.66. The van der Waals surface area contributed by atoms with E-state index < -0.39 is 0 Å². The predicted octanol–water partition coefficient (Wildman–Crippen LogP) is 6.01. The Morgan fingerprint density at radius 2 is 1.96 bits per heavy atom. The van der Waals surface area contributed by atoms with Crippen molar-refractivity contribution in [3.05, 3.63) is 82.4 Å². The highest BCUT2D eigenvalue weighted by Crippen LogP contribution is 2.31. The van der Waals surface area contributed by atoms with Gasteiger partial charge in [0.1, 0.15) is 6.10 Å². The van der Waals surface area contributed by atoms with Crippen molar-refractivity contribution in [3.63, 3.8) is 0 Å². The summed E-state index contributed by atoms with van der Waals surface area (Å²) in [6.45, 7) is 2.71. The molecule has 130 valence electrons. The highest BCUT2D eigenvalue weighted by Gasteiger charge is 2.17. The number of benzene rings is 2. The van der Waals surface area contributed by atoms with Gasteiger partial charge in [0.2, 0.25) is 0 Å². The molecule has 0 N–H and O–H groups in total. The van der Waals surface area contributed by atoms with Crippen molar-refractivity contribution in [2.45, 2.75) is 24.5 Å². The van der Waals surface area contributed by atoms with Gasteiger partial charge in [-0.05, 0) is 31.2 Å². The van der Waals surface area contributed by atoms with Crippen molar-refractivity contribution in [2.75, 3.05) is 5.94 Å². The fraction of sp³-hybridized carbons (Fsp3) is 0.211. The quantitative estimate of drug-likeness (QED) is 0.364. The van der Waals surface area contributed by atoms with E-state index in [-0.39, 0.29) is 6.10 Å². The van der Waals surface area contributed by atoms with Crippen LogP contribution in [0, 0.1) is 6.92 Å². The minimum atomic E-state index is -0.183. The Bertz CT molecular complexity index is 807. The van der Waals surface area contributed by atoms with Gasteiger partial charge in [-0.1, -0.05) is 58.7 Å². The fourth-order valence-electron chi connectivity index (χ4n) is 2.41. The lowest BCUT2D eigenvalue weighted by molar-refractivity contribution is 0.0759. The number of nitrogens with zero attached hydrogens (tertiary/aromatic N) is 2. The molecule has 0 saturated heterocycles. The molecular weight excluding hydrogens is 375 g/mol. The van der Waals surface area contributed by atoms with E-state index in [0.29, 0.717) is 22.5 Å². The molecule has 1 heterocycles. The maximum Gasteiger partial charge on any atom is 0.103 e.